The van der Waals surface area contributed by atoms with Crippen molar-refractivity contribution < 1.29 is 23.1 Å². The van der Waals surface area contributed by atoms with Gasteiger partial charge in [-0.3, -0.25) is 4.79 Å². The van der Waals surface area contributed by atoms with Gasteiger partial charge >= 0.3 is 5.97 Å². The van der Waals surface area contributed by atoms with Crippen LogP contribution in [0.5, 0.6) is 0 Å². The van der Waals surface area contributed by atoms with Gasteiger partial charge in [0.15, 0.2) is 0 Å². The number of ether oxygens (including phenoxy) is 1. The second kappa shape index (κ2) is 6.99. The van der Waals surface area contributed by atoms with E-state index in [0.29, 0.717) is 6.42 Å². The van der Waals surface area contributed by atoms with Gasteiger partial charge in [-0.05, 0) is 24.8 Å². The molecule has 0 spiro atoms. The van der Waals surface area contributed by atoms with Gasteiger partial charge in [-0.25, -0.2) is 8.42 Å². The van der Waals surface area contributed by atoms with Gasteiger partial charge in [-0.1, -0.05) is 13.0 Å². The molecule has 0 fully saturated rings. The first-order valence-electron chi connectivity index (χ1n) is 5.79. The average Bonchev–Trinajstić information content (AvgIpc) is 2.87. The average molecular weight is 307 g/mol. The second-order valence-electron chi connectivity index (χ2n) is 3.94. The zero-order valence-electron chi connectivity index (χ0n) is 10.7. The van der Waals surface area contributed by atoms with Crippen molar-refractivity contribution in [2.45, 2.75) is 36.6 Å². The number of aliphatic hydroxyl groups is 1. The predicted octanol–water partition coefficient (Wildman–Crippen LogP) is 0.729. The van der Waals surface area contributed by atoms with Gasteiger partial charge in [-0.2, -0.15) is 4.72 Å². The maximum Gasteiger partial charge on any atom is 0.326 e. The summed E-state index contributed by atoms with van der Waals surface area (Å²) >= 11 is 1.03. The molecule has 1 heterocycles. The van der Waals surface area contributed by atoms with Gasteiger partial charge in [0.25, 0.3) is 10.0 Å². The number of aliphatic hydroxyl groups excluding tert-OH is 1. The molecular weight excluding hydrogens is 290 g/mol. The van der Waals surface area contributed by atoms with Crippen molar-refractivity contribution in [3.63, 3.8) is 0 Å². The van der Waals surface area contributed by atoms with Gasteiger partial charge in [0.2, 0.25) is 0 Å². The van der Waals surface area contributed by atoms with Crippen LogP contribution in [-0.2, 0) is 19.6 Å². The standard InChI is InChI=1S/C11H17NO5S2/c1-3-6-17-11(14)10(8(2)13)12-19(15,16)9-5-4-7-18-9/h4-5,7-8,10,12-13H,3,6H2,1-2H3/t8-,10+/m1/s1. The molecule has 0 amide bonds. The number of hydrogen-bond donors (Lipinski definition) is 2. The van der Waals surface area contributed by atoms with E-state index in [2.05, 4.69) is 4.72 Å². The summed E-state index contributed by atoms with van der Waals surface area (Å²) in [6.45, 7) is 3.33. The number of sulfonamides is 1. The number of nitrogens with one attached hydrogen (secondary N) is 1. The highest BCUT2D eigenvalue weighted by Gasteiger charge is 2.31. The number of carbonyl (C=O) groups excluding carboxylic acids is 1. The zero-order chi connectivity index (χ0) is 14.5. The molecule has 108 valence electrons. The van der Waals surface area contributed by atoms with E-state index < -0.39 is 28.1 Å². The van der Waals surface area contributed by atoms with Crippen molar-refractivity contribution in [3.05, 3.63) is 17.5 Å². The summed E-state index contributed by atoms with van der Waals surface area (Å²) in [6, 6.07) is 1.70. The molecule has 1 aromatic heterocycles. The molecule has 6 nitrogen and oxygen atoms in total. The Kier molecular flexibility index (Phi) is 5.92. The lowest BCUT2D eigenvalue weighted by Gasteiger charge is -2.19. The van der Waals surface area contributed by atoms with Crippen LogP contribution < -0.4 is 4.72 Å². The highest BCUT2D eigenvalue weighted by molar-refractivity contribution is 7.91. The number of rotatable bonds is 7. The number of hydrogen-bond acceptors (Lipinski definition) is 6. The third kappa shape index (κ3) is 4.57. The summed E-state index contributed by atoms with van der Waals surface area (Å²) in [5, 5.41) is 11.1. The molecule has 1 rings (SSSR count). The normalized spacial score (nSPS) is 14.9. The third-order valence-corrected chi connectivity index (χ3v) is 5.07. The highest BCUT2D eigenvalue weighted by atomic mass is 32.2. The fraction of sp³-hybridized carbons (Fsp3) is 0.545. The van der Waals surface area contributed by atoms with Crippen molar-refractivity contribution >= 4 is 27.3 Å². The molecule has 0 aliphatic rings. The maximum absolute atomic E-state index is 12.0. The quantitative estimate of drug-likeness (QED) is 0.724. The van der Waals surface area contributed by atoms with Crippen LogP contribution in [0.15, 0.2) is 21.7 Å². The Morgan fingerprint density at radius 2 is 2.26 bits per heavy atom. The van der Waals surface area contributed by atoms with E-state index in [0.717, 1.165) is 11.3 Å². The van der Waals surface area contributed by atoms with Gasteiger partial charge in [0, 0.05) is 0 Å². The summed E-state index contributed by atoms with van der Waals surface area (Å²) in [4.78, 5) is 11.7. The first-order valence-corrected chi connectivity index (χ1v) is 8.15. The van der Waals surface area contributed by atoms with Gasteiger partial charge in [-0.15, -0.1) is 11.3 Å². The van der Waals surface area contributed by atoms with Crippen LogP contribution in [0.25, 0.3) is 0 Å². The molecular formula is C11H17NO5S2. The summed E-state index contributed by atoms with van der Waals surface area (Å²) in [5.41, 5.74) is 0. The van der Waals surface area contributed by atoms with E-state index in [1.807, 2.05) is 6.92 Å². The highest BCUT2D eigenvalue weighted by Crippen LogP contribution is 2.16. The lowest BCUT2D eigenvalue weighted by atomic mass is 10.2. The predicted molar refractivity (Wildman–Crippen MR) is 71.4 cm³/mol. The maximum atomic E-state index is 12.0. The topological polar surface area (TPSA) is 92.7 Å². The van der Waals surface area contributed by atoms with E-state index in [-0.39, 0.29) is 10.8 Å². The van der Waals surface area contributed by atoms with Crippen LogP contribution >= 0.6 is 11.3 Å². The molecule has 0 unspecified atom stereocenters. The number of thiophene rings is 1. The van der Waals surface area contributed by atoms with Crippen molar-refractivity contribution in [2.75, 3.05) is 6.61 Å². The zero-order valence-corrected chi connectivity index (χ0v) is 12.3. The molecule has 0 bridgehead atoms. The molecule has 0 saturated carbocycles. The lowest BCUT2D eigenvalue weighted by molar-refractivity contribution is -0.148. The van der Waals surface area contributed by atoms with E-state index in [1.165, 1.54) is 13.0 Å². The van der Waals surface area contributed by atoms with Gasteiger partial charge in [0.1, 0.15) is 10.3 Å². The fourth-order valence-corrected chi connectivity index (χ4v) is 3.55. The molecule has 0 radical (unpaired) electrons. The van der Waals surface area contributed by atoms with E-state index in [9.17, 15) is 18.3 Å². The lowest BCUT2D eigenvalue weighted by Crippen LogP contribution is -2.48. The van der Waals surface area contributed by atoms with Crippen LogP contribution in [0.4, 0.5) is 0 Å². The van der Waals surface area contributed by atoms with Crippen molar-refractivity contribution in [1.29, 1.82) is 0 Å². The van der Waals surface area contributed by atoms with Gasteiger partial charge < -0.3 is 9.84 Å². The summed E-state index contributed by atoms with van der Waals surface area (Å²) in [5.74, 6) is -0.781. The Balaban J connectivity index is 2.82. The SMILES string of the molecule is CCCOC(=O)[C@@H](NS(=O)(=O)c1cccs1)[C@@H](C)O. The molecule has 0 aliphatic heterocycles. The minimum absolute atomic E-state index is 0.0847. The van der Waals surface area contributed by atoms with Crippen molar-refractivity contribution in [3.8, 4) is 0 Å². The first kappa shape index (κ1) is 16.1. The van der Waals surface area contributed by atoms with Crippen molar-refractivity contribution in [2.24, 2.45) is 0 Å². The van der Waals surface area contributed by atoms with E-state index in [4.69, 9.17) is 4.74 Å². The van der Waals surface area contributed by atoms with Crippen LogP contribution in [0.2, 0.25) is 0 Å². The molecule has 8 heteroatoms. The van der Waals surface area contributed by atoms with E-state index >= 15 is 0 Å². The third-order valence-electron chi connectivity index (χ3n) is 2.23. The van der Waals surface area contributed by atoms with Crippen LogP contribution in [0, 0.1) is 0 Å². The Morgan fingerprint density at radius 1 is 1.58 bits per heavy atom. The summed E-state index contributed by atoms with van der Waals surface area (Å²) in [6.07, 6.45) is -0.560. The summed E-state index contributed by atoms with van der Waals surface area (Å²) in [7, 11) is -3.82. The summed E-state index contributed by atoms with van der Waals surface area (Å²) < 4.78 is 31.0. The Labute approximate surface area is 116 Å². The Bertz CT molecular complexity index is 495. The minimum Gasteiger partial charge on any atom is -0.464 e. The Hall–Kier alpha value is -0.960. The smallest absolute Gasteiger partial charge is 0.326 e. The first-order chi connectivity index (χ1) is 8.88. The van der Waals surface area contributed by atoms with Gasteiger partial charge in [0.05, 0.1) is 12.7 Å². The second-order valence-corrected chi connectivity index (χ2v) is 6.83. The molecule has 0 aromatic carbocycles. The molecule has 1 aromatic rings. The molecule has 0 aliphatic carbocycles. The molecule has 0 saturated heterocycles. The Morgan fingerprint density at radius 3 is 2.74 bits per heavy atom. The molecule has 2 N–H and O–H groups in total. The number of esters is 1. The van der Waals surface area contributed by atoms with Crippen LogP contribution in [0.3, 0.4) is 0 Å². The monoisotopic (exact) mass is 307 g/mol. The fourth-order valence-electron chi connectivity index (χ4n) is 1.28. The van der Waals surface area contributed by atoms with Crippen LogP contribution in [-0.4, -0.2) is 38.2 Å². The van der Waals surface area contributed by atoms with Crippen LogP contribution in [0.1, 0.15) is 20.3 Å². The largest absolute Gasteiger partial charge is 0.464 e. The minimum atomic E-state index is -3.82. The molecule has 19 heavy (non-hydrogen) atoms. The van der Waals surface area contributed by atoms with Crippen molar-refractivity contribution in [1.82, 2.24) is 4.72 Å². The molecule has 2 atom stereocenters. The van der Waals surface area contributed by atoms with E-state index in [1.54, 1.807) is 11.4 Å². The number of carbonyl (C=O) groups is 1.